The van der Waals surface area contributed by atoms with Gasteiger partial charge >= 0.3 is 5.97 Å². The molecule has 106 valence electrons. The van der Waals surface area contributed by atoms with Crippen molar-refractivity contribution in [3.8, 4) is 0 Å². The van der Waals surface area contributed by atoms with Crippen LogP contribution < -0.4 is 0 Å². The standard InChI is InChI=1S/C15H22O4/c1-10(2)15(19-11(3)16)8-6-12-5-7-13(18-4)9-14(12)17/h9,12,15H,1,5-8H2,2-4H3/t12?,15-/m1/s1. The van der Waals surface area contributed by atoms with Gasteiger partial charge in [0.25, 0.3) is 0 Å². The molecule has 1 aliphatic rings. The molecule has 0 heterocycles. The number of carbonyl (C=O) groups excluding carboxylic acids is 2. The summed E-state index contributed by atoms with van der Waals surface area (Å²) in [4.78, 5) is 22.9. The number of hydrogen-bond donors (Lipinski definition) is 0. The lowest BCUT2D eigenvalue weighted by atomic mass is 9.87. The summed E-state index contributed by atoms with van der Waals surface area (Å²) in [6.45, 7) is 7.04. The van der Waals surface area contributed by atoms with E-state index < -0.39 is 0 Å². The minimum atomic E-state index is -0.315. The third-order valence-corrected chi connectivity index (χ3v) is 3.34. The molecule has 1 aliphatic carbocycles. The molecule has 19 heavy (non-hydrogen) atoms. The van der Waals surface area contributed by atoms with Crippen molar-refractivity contribution in [3.63, 3.8) is 0 Å². The summed E-state index contributed by atoms with van der Waals surface area (Å²) in [6, 6.07) is 0. The van der Waals surface area contributed by atoms with Crippen LogP contribution in [0.5, 0.6) is 0 Å². The van der Waals surface area contributed by atoms with Gasteiger partial charge in [-0.3, -0.25) is 9.59 Å². The Morgan fingerprint density at radius 3 is 2.68 bits per heavy atom. The van der Waals surface area contributed by atoms with Crippen molar-refractivity contribution in [2.75, 3.05) is 7.11 Å². The second-order valence-corrected chi connectivity index (χ2v) is 4.97. The van der Waals surface area contributed by atoms with Gasteiger partial charge in [-0.2, -0.15) is 0 Å². The minimum Gasteiger partial charge on any atom is -0.501 e. The number of ether oxygens (including phenoxy) is 2. The van der Waals surface area contributed by atoms with Gasteiger partial charge in [-0.1, -0.05) is 6.58 Å². The average molecular weight is 266 g/mol. The molecule has 0 bridgehead atoms. The van der Waals surface area contributed by atoms with Crippen LogP contribution in [0.4, 0.5) is 0 Å². The molecular weight excluding hydrogens is 244 g/mol. The van der Waals surface area contributed by atoms with Crippen LogP contribution in [0.2, 0.25) is 0 Å². The fourth-order valence-electron chi connectivity index (χ4n) is 2.21. The number of carbonyl (C=O) groups is 2. The van der Waals surface area contributed by atoms with E-state index in [-0.39, 0.29) is 23.8 Å². The van der Waals surface area contributed by atoms with Crippen LogP contribution in [0.1, 0.15) is 39.5 Å². The van der Waals surface area contributed by atoms with E-state index in [4.69, 9.17) is 9.47 Å². The van der Waals surface area contributed by atoms with Gasteiger partial charge in [0.1, 0.15) is 6.10 Å². The van der Waals surface area contributed by atoms with Crippen LogP contribution in [-0.2, 0) is 19.1 Å². The highest BCUT2D eigenvalue weighted by atomic mass is 16.5. The van der Waals surface area contributed by atoms with Crippen molar-refractivity contribution in [1.82, 2.24) is 0 Å². The second-order valence-electron chi connectivity index (χ2n) is 4.97. The molecule has 0 saturated heterocycles. The summed E-state index contributed by atoms with van der Waals surface area (Å²) in [7, 11) is 1.58. The number of ketones is 1. The molecule has 0 aliphatic heterocycles. The van der Waals surface area contributed by atoms with Gasteiger partial charge in [-0.15, -0.1) is 0 Å². The Bertz CT molecular complexity index is 395. The van der Waals surface area contributed by atoms with Crippen molar-refractivity contribution in [2.45, 2.75) is 45.6 Å². The lowest BCUT2D eigenvalue weighted by Crippen LogP contribution is -2.23. The van der Waals surface area contributed by atoms with E-state index >= 15 is 0 Å². The third-order valence-electron chi connectivity index (χ3n) is 3.34. The molecule has 0 spiro atoms. The smallest absolute Gasteiger partial charge is 0.303 e. The Labute approximate surface area is 114 Å². The fourth-order valence-corrected chi connectivity index (χ4v) is 2.21. The molecule has 1 unspecified atom stereocenters. The topological polar surface area (TPSA) is 52.6 Å². The number of rotatable bonds is 6. The van der Waals surface area contributed by atoms with Gasteiger partial charge in [-0.05, 0) is 31.8 Å². The lowest BCUT2D eigenvalue weighted by molar-refractivity contribution is -0.145. The molecule has 4 nitrogen and oxygen atoms in total. The average Bonchev–Trinajstić information content (AvgIpc) is 2.34. The van der Waals surface area contributed by atoms with Gasteiger partial charge in [0.2, 0.25) is 0 Å². The van der Waals surface area contributed by atoms with E-state index in [1.807, 2.05) is 6.92 Å². The van der Waals surface area contributed by atoms with Crippen LogP contribution in [0, 0.1) is 5.92 Å². The predicted octanol–water partition coefficient (Wildman–Crippen LogP) is 2.78. The monoisotopic (exact) mass is 266 g/mol. The maximum Gasteiger partial charge on any atom is 0.303 e. The van der Waals surface area contributed by atoms with Crippen LogP contribution in [0.25, 0.3) is 0 Å². The third kappa shape index (κ3) is 4.89. The Hall–Kier alpha value is -1.58. The zero-order chi connectivity index (χ0) is 14.4. The molecule has 2 atom stereocenters. The number of allylic oxidation sites excluding steroid dienone is 2. The summed E-state index contributed by atoms with van der Waals surface area (Å²) in [5, 5.41) is 0. The van der Waals surface area contributed by atoms with Crippen LogP contribution >= 0.6 is 0 Å². The van der Waals surface area contributed by atoms with E-state index in [0.717, 1.165) is 24.2 Å². The van der Waals surface area contributed by atoms with Crippen molar-refractivity contribution in [3.05, 3.63) is 24.0 Å². The zero-order valence-electron chi connectivity index (χ0n) is 11.9. The molecule has 4 heteroatoms. The number of hydrogen-bond acceptors (Lipinski definition) is 4. The van der Waals surface area contributed by atoms with Gasteiger partial charge in [-0.25, -0.2) is 0 Å². The summed E-state index contributed by atoms with van der Waals surface area (Å²) >= 11 is 0. The summed E-state index contributed by atoms with van der Waals surface area (Å²) < 4.78 is 10.3. The fraction of sp³-hybridized carbons (Fsp3) is 0.600. The highest BCUT2D eigenvalue weighted by Crippen LogP contribution is 2.26. The quantitative estimate of drug-likeness (QED) is 0.548. The van der Waals surface area contributed by atoms with Crippen molar-refractivity contribution < 1.29 is 19.1 Å². The van der Waals surface area contributed by atoms with Gasteiger partial charge in [0.05, 0.1) is 12.9 Å². The first kappa shape index (κ1) is 15.5. The molecular formula is C15H22O4. The lowest BCUT2D eigenvalue weighted by Gasteiger charge is -2.23. The molecule has 0 amide bonds. The summed E-state index contributed by atoms with van der Waals surface area (Å²) in [6.07, 6.45) is 4.21. The van der Waals surface area contributed by atoms with Crippen LogP contribution in [0.3, 0.4) is 0 Å². The van der Waals surface area contributed by atoms with E-state index in [1.165, 1.54) is 6.92 Å². The van der Waals surface area contributed by atoms with Crippen molar-refractivity contribution in [2.24, 2.45) is 5.92 Å². The second kappa shape index (κ2) is 7.12. The first-order valence-corrected chi connectivity index (χ1v) is 6.55. The minimum absolute atomic E-state index is 0.00342. The van der Waals surface area contributed by atoms with Gasteiger partial charge in [0, 0.05) is 25.3 Å². The number of methoxy groups -OCH3 is 1. The number of esters is 1. The highest BCUT2D eigenvalue weighted by molar-refractivity contribution is 5.92. The predicted molar refractivity (Wildman–Crippen MR) is 72.4 cm³/mol. The first-order chi connectivity index (χ1) is 8.93. The normalized spacial score (nSPS) is 20.5. The molecule has 0 aromatic carbocycles. The molecule has 0 fully saturated rings. The maximum atomic E-state index is 11.9. The Balaban J connectivity index is 2.51. The van der Waals surface area contributed by atoms with Gasteiger partial charge < -0.3 is 9.47 Å². The largest absolute Gasteiger partial charge is 0.501 e. The van der Waals surface area contributed by atoms with Crippen molar-refractivity contribution >= 4 is 11.8 Å². The molecule has 0 aromatic heterocycles. The Morgan fingerprint density at radius 2 is 2.21 bits per heavy atom. The Morgan fingerprint density at radius 1 is 1.53 bits per heavy atom. The summed E-state index contributed by atoms with van der Waals surface area (Å²) in [5.41, 5.74) is 0.812. The Kier molecular flexibility index (Phi) is 5.80. The van der Waals surface area contributed by atoms with Gasteiger partial charge in [0.15, 0.2) is 5.78 Å². The van der Waals surface area contributed by atoms with E-state index in [9.17, 15) is 9.59 Å². The van der Waals surface area contributed by atoms with Crippen molar-refractivity contribution in [1.29, 1.82) is 0 Å². The molecule has 0 aromatic rings. The van der Waals surface area contributed by atoms with Crippen LogP contribution in [0.15, 0.2) is 24.0 Å². The van der Waals surface area contributed by atoms with Crippen LogP contribution in [-0.4, -0.2) is 25.0 Å². The molecule has 0 N–H and O–H groups in total. The molecule has 1 rings (SSSR count). The highest BCUT2D eigenvalue weighted by Gasteiger charge is 2.24. The van der Waals surface area contributed by atoms with E-state index in [2.05, 4.69) is 6.58 Å². The zero-order valence-corrected chi connectivity index (χ0v) is 11.9. The SMILES string of the molecule is C=C(C)[C@@H](CCC1CCC(OC)=CC1=O)OC(C)=O. The molecule has 0 saturated carbocycles. The first-order valence-electron chi connectivity index (χ1n) is 6.55. The van der Waals surface area contributed by atoms with E-state index in [1.54, 1.807) is 13.2 Å². The summed E-state index contributed by atoms with van der Waals surface area (Å²) in [5.74, 6) is 0.532. The van der Waals surface area contributed by atoms with E-state index in [0.29, 0.717) is 12.8 Å². The maximum absolute atomic E-state index is 11.9. The molecule has 0 radical (unpaired) electrons.